The molecule has 0 bridgehead atoms. The van der Waals surface area contributed by atoms with E-state index in [1.54, 1.807) is 42.6 Å². The number of hydrogen-bond donors (Lipinski definition) is 2. The number of nitrogens with zero attached hydrogens (tertiary/aromatic N) is 5. The van der Waals surface area contributed by atoms with Crippen LogP contribution in [-0.4, -0.2) is 65.2 Å². The second-order valence-electron chi connectivity index (χ2n) is 9.03. The first kappa shape index (κ1) is 31.5. The third kappa shape index (κ3) is 7.53. The lowest BCUT2D eigenvalue weighted by Gasteiger charge is -2.18. The van der Waals surface area contributed by atoms with Gasteiger partial charge in [0.15, 0.2) is 0 Å². The van der Waals surface area contributed by atoms with Crippen LogP contribution in [0.25, 0.3) is 11.3 Å². The predicted octanol–water partition coefficient (Wildman–Crippen LogP) is 6.98. The highest BCUT2D eigenvalue weighted by Crippen LogP contribution is 2.46. The Bertz CT molecular complexity index is 1560. The topological polar surface area (TPSA) is 137 Å². The first-order valence-corrected chi connectivity index (χ1v) is 14.1. The molecule has 0 aliphatic heterocycles. The minimum atomic E-state index is -0.472. The second kappa shape index (κ2) is 14.7. The summed E-state index contributed by atoms with van der Waals surface area (Å²) in [7, 11) is 2.97. The Morgan fingerprint density at radius 2 is 1.67 bits per heavy atom. The van der Waals surface area contributed by atoms with Gasteiger partial charge in [0, 0.05) is 30.4 Å². The average Bonchev–Trinajstić information content (AvgIpc) is 3.02. The van der Waals surface area contributed by atoms with Crippen LogP contribution in [0.1, 0.15) is 13.8 Å². The molecular formula is C29H31Cl2N7O5. The maximum atomic E-state index is 11.9. The summed E-state index contributed by atoms with van der Waals surface area (Å²) in [6.45, 7) is 7.08. The highest BCUT2D eigenvalue weighted by molar-refractivity contribution is 6.41. The first-order chi connectivity index (χ1) is 20.8. The molecule has 0 unspecified atom stereocenters. The van der Waals surface area contributed by atoms with Gasteiger partial charge >= 0.3 is 0 Å². The third-order valence-corrected chi connectivity index (χ3v) is 7.32. The molecule has 43 heavy (non-hydrogen) atoms. The largest absolute Gasteiger partial charge is 0.495 e. The molecule has 2 heterocycles. The van der Waals surface area contributed by atoms with Crippen molar-refractivity contribution in [2.75, 3.05) is 51.1 Å². The van der Waals surface area contributed by atoms with Crippen LogP contribution >= 0.6 is 23.2 Å². The molecule has 0 radical (unpaired) electrons. The fourth-order valence-corrected chi connectivity index (χ4v) is 4.82. The van der Waals surface area contributed by atoms with E-state index >= 15 is 0 Å². The lowest BCUT2D eigenvalue weighted by molar-refractivity contribution is -0.384. The average molecular weight is 629 g/mol. The predicted molar refractivity (Wildman–Crippen MR) is 168 cm³/mol. The van der Waals surface area contributed by atoms with Gasteiger partial charge in [0.2, 0.25) is 0 Å². The van der Waals surface area contributed by atoms with Crippen molar-refractivity contribution in [3.8, 4) is 28.5 Å². The van der Waals surface area contributed by atoms with Gasteiger partial charge in [0.1, 0.15) is 57.6 Å². The van der Waals surface area contributed by atoms with E-state index in [1.165, 1.54) is 26.6 Å². The summed E-state index contributed by atoms with van der Waals surface area (Å²) in [5.41, 5.74) is 1.50. The smallest absolute Gasteiger partial charge is 0.296 e. The number of likely N-dealkylation sites (N-methyl/N-ethyl adjacent to an activating group) is 1. The molecule has 0 saturated carbocycles. The molecule has 0 amide bonds. The van der Waals surface area contributed by atoms with Gasteiger partial charge in [0.05, 0.1) is 36.6 Å². The van der Waals surface area contributed by atoms with Crippen molar-refractivity contribution in [3.63, 3.8) is 0 Å². The Hall–Kier alpha value is -4.39. The van der Waals surface area contributed by atoms with Gasteiger partial charge in [-0.1, -0.05) is 37.0 Å². The number of benzene rings is 2. The molecule has 2 aromatic carbocycles. The number of halogens is 2. The molecule has 0 aliphatic carbocycles. The number of nitro groups is 1. The minimum absolute atomic E-state index is 0.152. The summed E-state index contributed by atoms with van der Waals surface area (Å²) in [6, 6.07) is 11.4. The number of methoxy groups -OCH3 is 2. The quantitative estimate of drug-likeness (QED) is 0.111. The van der Waals surface area contributed by atoms with Crippen LogP contribution in [0.2, 0.25) is 10.0 Å². The number of aromatic nitrogens is 3. The van der Waals surface area contributed by atoms with Crippen LogP contribution in [0.15, 0.2) is 55.0 Å². The van der Waals surface area contributed by atoms with Crippen molar-refractivity contribution in [3.05, 3.63) is 75.1 Å². The molecule has 0 aliphatic rings. The number of ether oxygens (including phenoxy) is 3. The summed E-state index contributed by atoms with van der Waals surface area (Å²) >= 11 is 13.1. The molecular weight excluding hydrogens is 597 g/mol. The Kier molecular flexibility index (Phi) is 10.8. The fraction of sp³-hybridized carbons (Fsp3) is 0.276. The van der Waals surface area contributed by atoms with Crippen LogP contribution in [0.5, 0.6) is 17.2 Å². The monoisotopic (exact) mass is 627 g/mol. The third-order valence-electron chi connectivity index (χ3n) is 6.57. The van der Waals surface area contributed by atoms with Crippen molar-refractivity contribution in [2.24, 2.45) is 0 Å². The van der Waals surface area contributed by atoms with Crippen molar-refractivity contribution in [2.45, 2.75) is 13.8 Å². The van der Waals surface area contributed by atoms with E-state index < -0.39 is 4.92 Å². The SMILES string of the molecule is CCN(CC)CCOc1ccc(Nc2cc(-c3cccnc3Nc3c(Cl)c(OC)cc(OC)c3Cl)ncn2)c([N+](=O)[O-])c1. The van der Waals surface area contributed by atoms with Crippen LogP contribution < -0.4 is 24.8 Å². The molecule has 0 spiro atoms. The molecule has 4 rings (SSSR count). The van der Waals surface area contributed by atoms with Crippen LogP contribution in [0, 0.1) is 10.1 Å². The molecule has 4 aromatic rings. The normalized spacial score (nSPS) is 10.9. The maximum Gasteiger partial charge on any atom is 0.296 e. The molecule has 2 N–H and O–H groups in total. The molecule has 226 valence electrons. The molecule has 12 nitrogen and oxygen atoms in total. The van der Waals surface area contributed by atoms with Gasteiger partial charge in [-0.25, -0.2) is 15.0 Å². The molecule has 2 aromatic heterocycles. The zero-order chi connectivity index (χ0) is 30.9. The molecule has 14 heteroatoms. The van der Waals surface area contributed by atoms with Crippen molar-refractivity contribution in [1.82, 2.24) is 19.9 Å². The van der Waals surface area contributed by atoms with E-state index in [-0.39, 0.29) is 21.4 Å². The standard InChI is InChI=1S/C29H31Cl2N7O5/c1-5-37(6-2)12-13-43-18-9-10-20(22(14-18)38(39)40)35-25-15-21(33-17-34-25)19-8-7-11-32-29(19)36-28-26(30)23(41-3)16-24(42-4)27(28)31/h7-11,14-17H,5-6,12-13H2,1-4H3,(H,32,36)(H,33,34,35). The lowest BCUT2D eigenvalue weighted by Crippen LogP contribution is -2.27. The Labute approximate surface area is 259 Å². The van der Waals surface area contributed by atoms with Crippen LogP contribution in [0.3, 0.4) is 0 Å². The summed E-state index contributed by atoms with van der Waals surface area (Å²) in [4.78, 5) is 26.7. The van der Waals surface area contributed by atoms with Crippen molar-refractivity contribution < 1.29 is 19.1 Å². The van der Waals surface area contributed by atoms with Crippen LogP contribution in [0.4, 0.5) is 28.7 Å². The van der Waals surface area contributed by atoms with Gasteiger partial charge < -0.3 is 29.7 Å². The van der Waals surface area contributed by atoms with Crippen LogP contribution in [-0.2, 0) is 0 Å². The van der Waals surface area contributed by atoms with Gasteiger partial charge in [-0.05, 0) is 37.4 Å². The van der Waals surface area contributed by atoms with E-state index in [4.69, 9.17) is 37.4 Å². The van der Waals surface area contributed by atoms with E-state index in [0.717, 1.165) is 19.6 Å². The number of pyridine rings is 1. The molecule has 0 atom stereocenters. The molecule has 0 fully saturated rings. The van der Waals surface area contributed by atoms with Crippen molar-refractivity contribution in [1.29, 1.82) is 0 Å². The Morgan fingerprint density at radius 3 is 2.33 bits per heavy atom. The Balaban J connectivity index is 1.60. The highest BCUT2D eigenvalue weighted by Gasteiger charge is 2.20. The minimum Gasteiger partial charge on any atom is -0.495 e. The molecule has 0 saturated heterocycles. The fourth-order valence-electron chi connectivity index (χ4n) is 4.23. The lowest BCUT2D eigenvalue weighted by atomic mass is 10.1. The van der Waals surface area contributed by atoms with Crippen molar-refractivity contribution >= 4 is 51.9 Å². The van der Waals surface area contributed by atoms with E-state index in [9.17, 15) is 10.1 Å². The number of nitrogens with one attached hydrogen (secondary N) is 2. The number of rotatable bonds is 14. The summed E-state index contributed by atoms with van der Waals surface area (Å²) < 4.78 is 16.5. The Morgan fingerprint density at radius 1 is 0.953 bits per heavy atom. The summed E-state index contributed by atoms with van der Waals surface area (Å²) in [5, 5.41) is 18.6. The maximum absolute atomic E-state index is 11.9. The van der Waals surface area contributed by atoms with Gasteiger partial charge in [-0.2, -0.15) is 0 Å². The zero-order valence-corrected chi connectivity index (χ0v) is 25.6. The zero-order valence-electron chi connectivity index (χ0n) is 24.1. The first-order valence-electron chi connectivity index (χ1n) is 13.3. The number of anilines is 4. The van der Waals surface area contributed by atoms with E-state index in [0.29, 0.717) is 52.4 Å². The highest BCUT2D eigenvalue weighted by atomic mass is 35.5. The summed E-state index contributed by atoms with van der Waals surface area (Å²) in [5.74, 6) is 1.85. The number of hydrogen-bond acceptors (Lipinski definition) is 11. The van der Waals surface area contributed by atoms with E-state index in [2.05, 4.69) is 44.3 Å². The summed E-state index contributed by atoms with van der Waals surface area (Å²) in [6.07, 6.45) is 2.94. The van der Waals surface area contributed by atoms with Gasteiger partial charge in [0.25, 0.3) is 5.69 Å². The van der Waals surface area contributed by atoms with Gasteiger partial charge in [-0.15, -0.1) is 0 Å². The number of nitro benzene ring substituents is 1. The second-order valence-corrected chi connectivity index (χ2v) is 9.79. The van der Waals surface area contributed by atoms with Gasteiger partial charge in [-0.3, -0.25) is 10.1 Å². The van der Waals surface area contributed by atoms with E-state index in [1.807, 2.05) is 0 Å².